The van der Waals surface area contributed by atoms with Crippen LogP contribution in [0.5, 0.6) is 5.75 Å². The molecule has 0 radical (unpaired) electrons. The van der Waals surface area contributed by atoms with Crippen LogP contribution in [0.15, 0.2) is 47.1 Å². The molecule has 22 heteroatoms. The Kier molecular flexibility index (Phi) is 13.2. The minimum Gasteiger partial charge on any atom is -0.483 e. The number of nitrogens with zero attached hydrogens (tertiary/aromatic N) is 4. The summed E-state index contributed by atoms with van der Waals surface area (Å²) in [4.78, 5) is 96.7. The van der Waals surface area contributed by atoms with E-state index in [0.717, 1.165) is 4.90 Å². The SMILES string of the molecule is Cc1cccc(Nc2nc(NC3CCN(S(=O)(=O)CCNC(=O)CCNC(=O)COc4cccc5c4C(=O)N(C4CCC(=O)NC4=O)C5=O)CC3)ncc2Br)c1C(N)=O. The summed E-state index contributed by atoms with van der Waals surface area (Å²) >= 11 is 3.42. The van der Waals surface area contributed by atoms with Gasteiger partial charge in [-0.1, -0.05) is 18.2 Å². The van der Waals surface area contributed by atoms with Crippen LogP contribution in [0, 0.1) is 6.92 Å². The number of aromatic nitrogens is 2. The first kappa shape index (κ1) is 42.6. The van der Waals surface area contributed by atoms with Gasteiger partial charge >= 0.3 is 0 Å². The zero-order valence-electron chi connectivity index (χ0n) is 31.7. The number of nitrogens with one attached hydrogen (secondary N) is 5. The molecule has 2 aromatic carbocycles. The van der Waals surface area contributed by atoms with Crippen LogP contribution in [-0.4, -0.2) is 120 Å². The van der Waals surface area contributed by atoms with Crippen molar-refractivity contribution in [3.63, 3.8) is 0 Å². The Hall–Kier alpha value is -6.00. The molecule has 6 rings (SSSR count). The molecule has 0 spiro atoms. The summed E-state index contributed by atoms with van der Waals surface area (Å²) in [6.07, 6.45) is 2.31. The third kappa shape index (κ3) is 10.0. The molecule has 2 saturated heterocycles. The molecule has 3 aliphatic rings. The number of carbonyl (C=O) groups is 7. The second kappa shape index (κ2) is 18.3. The van der Waals surface area contributed by atoms with Gasteiger partial charge in [0.05, 0.1) is 32.6 Å². The normalized spacial score (nSPS) is 17.3. The molecule has 1 unspecified atom stereocenters. The highest BCUT2D eigenvalue weighted by molar-refractivity contribution is 9.10. The topological polar surface area (TPSA) is 281 Å². The lowest BCUT2D eigenvalue weighted by Crippen LogP contribution is -2.54. The molecule has 4 heterocycles. The van der Waals surface area contributed by atoms with Gasteiger partial charge in [0.25, 0.3) is 23.6 Å². The maximum absolute atomic E-state index is 13.2. The Bertz CT molecular complexity index is 2320. The van der Waals surface area contributed by atoms with Crippen LogP contribution in [0.3, 0.4) is 0 Å². The van der Waals surface area contributed by atoms with Gasteiger partial charge in [-0.2, -0.15) is 4.98 Å². The lowest BCUT2D eigenvalue weighted by Gasteiger charge is -2.31. The van der Waals surface area contributed by atoms with E-state index in [1.54, 1.807) is 31.3 Å². The van der Waals surface area contributed by atoms with Gasteiger partial charge < -0.3 is 31.7 Å². The number of anilines is 3. The highest BCUT2D eigenvalue weighted by Gasteiger charge is 2.46. The van der Waals surface area contributed by atoms with Crippen LogP contribution < -0.4 is 37.1 Å². The van der Waals surface area contributed by atoms with Gasteiger partial charge in [0.2, 0.25) is 33.7 Å². The first-order valence-electron chi connectivity index (χ1n) is 18.6. The second-order valence-electron chi connectivity index (χ2n) is 13.9. The quantitative estimate of drug-likeness (QED) is 0.108. The van der Waals surface area contributed by atoms with Crippen LogP contribution in [0.2, 0.25) is 0 Å². The molecule has 7 N–H and O–H groups in total. The largest absolute Gasteiger partial charge is 0.483 e. The first-order chi connectivity index (χ1) is 28.1. The molecule has 1 aromatic heterocycles. The van der Waals surface area contributed by atoms with Crippen molar-refractivity contribution in [2.24, 2.45) is 5.73 Å². The van der Waals surface area contributed by atoms with Gasteiger partial charge in [0.15, 0.2) is 6.61 Å². The van der Waals surface area contributed by atoms with Gasteiger partial charge in [0, 0.05) is 51.3 Å². The average molecular weight is 898 g/mol. The molecule has 3 aliphatic heterocycles. The van der Waals surface area contributed by atoms with Gasteiger partial charge in [-0.15, -0.1) is 0 Å². The molecule has 1 atom stereocenters. The second-order valence-corrected chi connectivity index (χ2v) is 16.8. The number of benzene rings is 2. The number of hydrogen-bond acceptors (Lipinski definition) is 14. The van der Waals surface area contributed by atoms with Crippen molar-refractivity contribution in [2.75, 3.05) is 49.2 Å². The van der Waals surface area contributed by atoms with Crippen molar-refractivity contribution in [2.45, 2.75) is 51.1 Å². The molecule has 20 nitrogen and oxygen atoms in total. The number of fused-ring (bicyclic) bond motifs is 1. The predicted molar refractivity (Wildman–Crippen MR) is 214 cm³/mol. The highest BCUT2D eigenvalue weighted by Crippen LogP contribution is 2.34. The fourth-order valence-electron chi connectivity index (χ4n) is 6.86. The third-order valence-corrected chi connectivity index (χ3v) is 12.3. The van der Waals surface area contributed by atoms with Crippen LogP contribution in [0.25, 0.3) is 0 Å². The smallest absolute Gasteiger partial charge is 0.266 e. The first-order valence-corrected chi connectivity index (χ1v) is 21.0. The maximum Gasteiger partial charge on any atom is 0.266 e. The van der Waals surface area contributed by atoms with Crippen molar-refractivity contribution < 1.29 is 46.7 Å². The van der Waals surface area contributed by atoms with E-state index in [1.807, 2.05) is 0 Å². The number of amides is 7. The van der Waals surface area contributed by atoms with Crippen molar-refractivity contribution in [3.05, 3.63) is 69.3 Å². The predicted octanol–water partition coefficient (Wildman–Crippen LogP) is 0.699. The number of primary amides is 1. The number of ether oxygens (including phenoxy) is 1. The van der Waals surface area contributed by atoms with Gasteiger partial charge in [-0.3, -0.25) is 43.8 Å². The van der Waals surface area contributed by atoms with Crippen molar-refractivity contribution >= 4 is 84.8 Å². The Labute approximate surface area is 346 Å². The lowest BCUT2D eigenvalue weighted by atomic mass is 10.0. The highest BCUT2D eigenvalue weighted by atomic mass is 79.9. The number of aryl methyl sites for hydroxylation is 1. The zero-order valence-corrected chi connectivity index (χ0v) is 34.1. The van der Waals surface area contributed by atoms with Crippen molar-refractivity contribution in [1.82, 2.24) is 35.1 Å². The van der Waals surface area contributed by atoms with E-state index in [-0.39, 0.29) is 74.1 Å². The number of piperidine rings is 2. The average Bonchev–Trinajstić information content (AvgIpc) is 3.44. The van der Waals surface area contributed by atoms with Crippen LogP contribution >= 0.6 is 15.9 Å². The van der Waals surface area contributed by atoms with E-state index >= 15 is 0 Å². The van der Waals surface area contributed by atoms with Gasteiger partial charge in [-0.05, 0) is 65.9 Å². The molecule has 7 amide bonds. The molecule has 0 bridgehead atoms. The van der Waals surface area contributed by atoms with E-state index in [9.17, 15) is 42.0 Å². The van der Waals surface area contributed by atoms with E-state index in [4.69, 9.17) is 10.5 Å². The van der Waals surface area contributed by atoms with Crippen LogP contribution in [0.1, 0.15) is 68.7 Å². The number of carbonyl (C=O) groups excluding carboxylic acids is 7. The Morgan fingerprint density at radius 3 is 2.44 bits per heavy atom. The Balaban J connectivity index is 0.893. The molecule has 3 aromatic rings. The number of nitrogens with two attached hydrogens (primary N) is 1. The van der Waals surface area contributed by atoms with Crippen molar-refractivity contribution in [3.8, 4) is 5.75 Å². The number of sulfonamides is 1. The van der Waals surface area contributed by atoms with Gasteiger partial charge in [0.1, 0.15) is 17.6 Å². The maximum atomic E-state index is 13.2. The minimum absolute atomic E-state index is 0.00446. The van der Waals surface area contributed by atoms with E-state index in [1.165, 1.54) is 22.5 Å². The fraction of sp³-hybridized carbons (Fsp3) is 0.378. The molecule has 0 saturated carbocycles. The zero-order chi connectivity index (χ0) is 42.4. The fourth-order valence-corrected chi connectivity index (χ4v) is 8.54. The summed E-state index contributed by atoms with van der Waals surface area (Å²) in [6.45, 7) is 1.48. The number of halogens is 1. The molecular formula is C37H41BrN10O10S. The molecule has 312 valence electrons. The van der Waals surface area contributed by atoms with Crippen molar-refractivity contribution in [1.29, 1.82) is 0 Å². The van der Waals surface area contributed by atoms with E-state index in [2.05, 4.69) is 52.5 Å². The third-order valence-electron chi connectivity index (χ3n) is 9.84. The number of rotatable bonds is 16. The number of imide groups is 2. The van der Waals surface area contributed by atoms with Crippen LogP contribution in [-0.2, 0) is 29.2 Å². The molecule has 0 aliphatic carbocycles. The minimum atomic E-state index is -3.69. The van der Waals surface area contributed by atoms with Crippen LogP contribution in [0.4, 0.5) is 17.5 Å². The monoisotopic (exact) mass is 896 g/mol. The summed E-state index contributed by atoms with van der Waals surface area (Å²) in [5, 5.41) is 13.6. The standard InChI is InChI=1S/C37H41BrN10O10S/c1-20-4-2-6-24(30(20)32(39)52)44-33-23(38)18-42-37(46-33)43-21-11-15-47(16-12-21)59(56,57)17-14-41-27(49)10-13-40-29(51)19-58-26-7-3-5-22-31(26)36(55)48(35(22)54)25-8-9-28(50)45-34(25)53/h2-7,18,21,25H,8-17,19H2,1H3,(H2,39,52)(H,40,51)(H,41,49)(H,45,50,53)(H2,42,43,44,46). The molecule has 59 heavy (non-hydrogen) atoms. The summed E-state index contributed by atoms with van der Waals surface area (Å²) < 4.78 is 33.6. The summed E-state index contributed by atoms with van der Waals surface area (Å²) in [6, 6.07) is 8.26. The number of hydrogen-bond donors (Lipinski definition) is 6. The molecule has 2 fully saturated rings. The summed E-state index contributed by atoms with van der Waals surface area (Å²) in [5.74, 6) is -4.10. The Morgan fingerprint density at radius 1 is 0.983 bits per heavy atom. The van der Waals surface area contributed by atoms with Gasteiger partial charge in [-0.25, -0.2) is 17.7 Å². The summed E-state index contributed by atoms with van der Waals surface area (Å²) in [5.41, 5.74) is 7.01. The summed E-state index contributed by atoms with van der Waals surface area (Å²) in [7, 11) is -3.69. The Morgan fingerprint density at radius 2 is 1.71 bits per heavy atom. The van der Waals surface area contributed by atoms with E-state index < -0.39 is 64.0 Å². The lowest BCUT2D eigenvalue weighted by molar-refractivity contribution is -0.136. The van der Waals surface area contributed by atoms with E-state index in [0.29, 0.717) is 45.9 Å². The molecular weight excluding hydrogens is 856 g/mol.